The molecule has 0 aliphatic carbocycles. The summed E-state index contributed by atoms with van der Waals surface area (Å²) in [4.78, 5) is 4.99. The summed E-state index contributed by atoms with van der Waals surface area (Å²) in [7, 11) is 0. The zero-order chi connectivity index (χ0) is 13.1. The van der Waals surface area contributed by atoms with Crippen molar-refractivity contribution in [3.05, 3.63) is 22.8 Å². The summed E-state index contributed by atoms with van der Waals surface area (Å²) in [5, 5.41) is 0.354. The van der Waals surface area contributed by atoms with Crippen LogP contribution < -0.4 is 4.90 Å². The van der Waals surface area contributed by atoms with E-state index in [-0.39, 0.29) is 18.2 Å². The Labute approximate surface area is 107 Å². The molecule has 2 nitrogen and oxygen atoms in total. The third kappa shape index (κ3) is 4.24. The maximum absolute atomic E-state index is 12.3. The molecule has 0 unspecified atom stereocenters. The smallest absolute Gasteiger partial charge is 0.348 e. The van der Waals surface area contributed by atoms with Crippen LogP contribution in [0.5, 0.6) is 0 Å². The second-order valence-corrected chi connectivity index (χ2v) is 4.07. The van der Waals surface area contributed by atoms with Crippen molar-refractivity contribution < 1.29 is 13.2 Å². The van der Waals surface area contributed by atoms with Gasteiger partial charge in [0, 0.05) is 18.6 Å². The molecule has 0 amide bonds. The lowest BCUT2D eigenvalue weighted by molar-refractivity contribution is -0.119. The summed E-state index contributed by atoms with van der Waals surface area (Å²) in [6.07, 6.45) is -2.95. The molecule has 96 valence electrons. The van der Waals surface area contributed by atoms with Crippen molar-refractivity contribution in [3.63, 3.8) is 0 Å². The van der Waals surface area contributed by atoms with Gasteiger partial charge in [-0.25, -0.2) is 4.98 Å². The fourth-order valence-electron chi connectivity index (χ4n) is 1.31. The summed E-state index contributed by atoms with van der Waals surface area (Å²) >= 11 is 11.4. The predicted octanol–water partition coefficient (Wildman–Crippen LogP) is 3.86. The summed E-state index contributed by atoms with van der Waals surface area (Å²) in [5.41, 5.74) is 0.568. The van der Waals surface area contributed by atoms with Gasteiger partial charge in [0.2, 0.25) is 0 Å². The van der Waals surface area contributed by atoms with Gasteiger partial charge < -0.3 is 4.90 Å². The molecule has 0 fully saturated rings. The molecule has 0 spiro atoms. The van der Waals surface area contributed by atoms with Crippen LogP contribution in [0.15, 0.2) is 12.3 Å². The van der Waals surface area contributed by atoms with Crippen molar-refractivity contribution in [2.24, 2.45) is 0 Å². The molecule has 0 N–H and O–H groups in total. The Hall–Kier alpha value is -0.680. The van der Waals surface area contributed by atoms with Crippen LogP contribution in [0.2, 0.25) is 5.02 Å². The molecule has 7 heteroatoms. The Morgan fingerprint density at radius 1 is 1.41 bits per heavy atom. The largest absolute Gasteiger partial charge is 0.405 e. The first-order valence-corrected chi connectivity index (χ1v) is 5.80. The van der Waals surface area contributed by atoms with Gasteiger partial charge in [0.15, 0.2) is 0 Å². The topological polar surface area (TPSA) is 16.1 Å². The number of pyridine rings is 1. The predicted molar refractivity (Wildman–Crippen MR) is 62.7 cm³/mol. The number of hydrogen-bond acceptors (Lipinski definition) is 2. The highest BCUT2D eigenvalue weighted by atomic mass is 35.5. The maximum Gasteiger partial charge on any atom is 0.405 e. The van der Waals surface area contributed by atoms with Crippen molar-refractivity contribution >= 4 is 29.0 Å². The zero-order valence-corrected chi connectivity index (χ0v) is 10.6. The van der Waals surface area contributed by atoms with E-state index in [4.69, 9.17) is 23.2 Å². The Morgan fingerprint density at radius 3 is 2.53 bits per heavy atom. The van der Waals surface area contributed by atoms with Crippen LogP contribution in [0.3, 0.4) is 0 Å². The van der Waals surface area contributed by atoms with Gasteiger partial charge in [-0.1, -0.05) is 11.6 Å². The molecule has 17 heavy (non-hydrogen) atoms. The molecule has 0 aliphatic rings. The van der Waals surface area contributed by atoms with Crippen LogP contribution in [0, 0.1) is 0 Å². The zero-order valence-electron chi connectivity index (χ0n) is 9.06. The maximum atomic E-state index is 12.3. The van der Waals surface area contributed by atoms with E-state index in [9.17, 15) is 13.2 Å². The lowest BCUT2D eigenvalue weighted by atomic mass is 10.3. The molecule has 1 rings (SSSR count). The van der Waals surface area contributed by atoms with Crippen LogP contribution in [-0.2, 0) is 5.88 Å². The van der Waals surface area contributed by atoms with E-state index >= 15 is 0 Å². The lowest BCUT2D eigenvalue weighted by Gasteiger charge is -2.23. The van der Waals surface area contributed by atoms with Gasteiger partial charge in [0.05, 0.1) is 5.02 Å². The lowest BCUT2D eigenvalue weighted by Crippen LogP contribution is -2.34. The molecule has 0 bridgehead atoms. The van der Waals surface area contributed by atoms with Crippen LogP contribution in [0.1, 0.15) is 12.5 Å². The second-order valence-electron chi connectivity index (χ2n) is 3.40. The van der Waals surface area contributed by atoms with E-state index in [0.29, 0.717) is 10.6 Å². The van der Waals surface area contributed by atoms with Gasteiger partial charge in [-0.05, 0) is 18.6 Å². The third-order valence-corrected chi connectivity index (χ3v) is 2.77. The second kappa shape index (κ2) is 5.78. The van der Waals surface area contributed by atoms with E-state index in [1.54, 1.807) is 6.92 Å². The first-order valence-electron chi connectivity index (χ1n) is 4.89. The van der Waals surface area contributed by atoms with Gasteiger partial charge >= 0.3 is 6.18 Å². The summed E-state index contributed by atoms with van der Waals surface area (Å²) < 4.78 is 37.0. The molecule has 1 heterocycles. The molecule has 1 aromatic rings. The summed E-state index contributed by atoms with van der Waals surface area (Å²) in [6.45, 7) is 0.790. The van der Waals surface area contributed by atoms with Crippen molar-refractivity contribution in [3.8, 4) is 0 Å². The van der Waals surface area contributed by atoms with E-state index < -0.39 is 12.7 Å². The van der Waals surface area contributed by atoms with Gasteiger partial charge in [-0.15, -0.1) is 11.6 Å². The first kappa shape index (κ1) is 14.4. The quantitative estimate of drug-likeness (QED) is 0.782. The summed E-state index contributed by atoms with van der Waals surface area (Å²) in [5.74, 6) is 0.364. The van der Waals surface area contributed by atoms with Crippen LogP contribution >= 0.6 is 23.2 Å². The van der Waals surface area contributed by atoms with E-state index in [2.05, 4.69) is 4.98 Å². The average Bonchev–Trinajstić information content (AvgIpc) is 2.25. The SMILES string of the molecule is CCN(CC(F)(F)F)c1cc(CCl)c(Cl)cn1. The normalized spacial score (nSPS) is 11.6. The minimum absolute atomic E-state index is 0.137. The van der Waals surface area contributed by atoms with Gasteiger partial charge in [-0.2, -0.15) is 13.2 Å². The van der Waals surface area contributed by atoms with Gasteiger partial charge in [-0.3, -0.25) is 0 Å². The number of anilines is 1. The third-order valence-electron chi connectivity index (χ3n) is 2.14. The molecule has 1 aromatic heterocycles. The van der Waals surface area contributed by atoms with Crippen molar-refractivity contribution in [1.82, 2.24) is 4.98 Å². The summed E-state index contributed by atoms with van der Waals surface area (Å²) in [6, 6.07) is 1.48. The number of rotatable bonds is 4. The van der Waals surface area contributed by atoms with Crippen LogP contribution in [0.25, 0.3) is 0 Å². The molecule has 0 saturated carbocycles. The standard InChI is InChI=1S/C10H11Cl2F3N2/c1-2-17(6-10(13,14)15)9-3-7(4-11)8(12)5-16-9/h3,5H,2,4,6H2,1H3. The Morgan fingerprint density at radius 2 is 2.06 bits per heavy atom. The fraction of sp³-hybridized carbons (Fsp3) is 0.500. The van der Waals surface area contributed by atoms with Crippen LogP contribution in [0.4, 0.5) is 19.0 Å². The molecule has 0 atom stereocenters. The molecular formula is C10H11Cl2F3N2. The number of aromatic nitrogens is 1. The van der Waals surface area contributed by atoms with Crippen molar-refractivity contribution in [2.75, 3.05) is 18.0 Å². The van der Waals surface area contributed by atoms with Crippen molar-refractivity contribution in [1.29, 1.82) is 0 Å². The number of hydrogen-bond donors (Lipinski definition) is 0. The Bertz CT molecular complexity index is 382. The van der Waals surface area contributed by atoms with E-state index in [1.165, 1.54) is 12.3 Å². The Kier molecular flexibility index (Phi) is 4.89. The van der Waals surface area contributed by atoms with E-state index in [0.717, 1.165) is 4.90 Å². The molecule has 0 aliphatic heterocycles. The van der Waals surface area contributed by atoms with E-state index in [1.807, 2.05) is 0 Å². The van der Waals surface area contributed by atoms with Gasteiger partial charge in [0.25, 0.3) is 0 Å². The minimum Gasteiger partial charge on any atom is -0.348 e. The van der Waals surface area contributed by atoms with Crippen LogP contribution in [-0.4, -0.2) is 24.2 Å². The molecule has 0 aromatic carbocycles. The van der Waals surface area contributed by atoms with Crippen molar-refractivity contribution in [2.45, 2.75) is 19.0 Å². The highest BCUT2D eigenvalue weighted by molar-refractivity contribution is 6.32. The molecule has 0 saturated heterocycles. The number of alkyl halides is 4. The Balaban J connectivity index is 2.96. The first-order chi connectivity index (χ1) is 7.87. The monoisotopic (exact) mass is 286 g/mol. The highest BCUT2D eigenvalue weighted by Gasteiger charge is 2.30. The molecular weight excluding hydrogens is 276 g/mol. The van der Waals surface area contributed by atoms with Gasteiger partial charge in [0.1, 0.15) is 12.4 Å². The average molecular weight is 287 g/mol. The number of nitrogens with zero attached hydrogens (tertiary/aromatic N) is 2. The minimum atomic E-state index is -4.27. The fourth-order valence-corrected chi connectivity index (χ4v) is 1.77. The number of halogens is 5. The molecule has 0 radical (unpaired) electrons. The highest BCUT2D eigenvalue weighted by Crippen LogP contribution is 2.24.